The van der Waals surface area contributed by atoms with Crippen molar-refractivity contribution in [1.29, 1.82) is 0 Å². The minimum Gasteiger partial charge on any atom is -0.316 e. The maximum Gasteiger partial charge on any atom is 0.151 e. The molecule has 1 aliphatic heterocycles. The molecule has 1 saturated heterocycles. The molecule has 1 fully saturated rings. The standard InChI is InChI=1S/C11H20N4/c1-8(2)6-10-13-11(15(3)14-10)9-4-5-12-7-9/h8-9,12H,4-7H2,1-3H3. The van der Waals surface area contributed by atoms with Gasteiger partial charge in [0.25, 0.3) is 0 Å². The highest BCUT2D eigenvalue weighted by atomic mass is 15.3. The number of hydrogen-bond donors (Lipinski definition) is 1. The summed E-state index contributed by atoms with van der Waals surface area (Å²) in [5.74, 6) is 3.33. The summed E-state index contributed by atoms with van der Waals surface area (Å²) in [7, 11) is 2.00. The van der Waals surface area contributed by atoms with Crippen LogP contribution in [-0.2, 0) is 13.5 Å². The van der Waals surface area contributed by atoms with Gasteiger partial charge in [-0.1, -0.05) is 13.8 Å². The fraction of sp³-hybridized carbons (Fsp3) is 0.818. The molecular weight excluding hydrogens is 188 g/mol. The number of nitrogens with one attached hydrogen (secondary N) is 1. The first-order valence-electron chi connectivity index (χ1n) is 5.77. The first kappa shape index (κ1) is 10.6. The van der Waals surface area contributed by atoms with Crippen molar-refractivity contribution in [2.45, 2.75) is 32.6 Å². The van der Waals surface area contributed by atoms with Crippen LogP contribution in [0.1, 0.15) is 37.8 Å². The second-order valence-corrected chi connectivity index (χ2v) is 4.80. The van der Waals surface area contributed by atoms with Crippen LogP contribution in [0.5, 0.6) is 0 Å². The smallest absolute Gasteiger partial charge is 0.151 e. The zero-order valence-electron chi connectivity index (χ0n) is 9.82. The molecule has 0 aliphatic carbocycles. The van der Waals surface area contributed by atoms with Gasteiger partial charge >= 0.3 is 0 Å². The van der Waals surface area contributed by atoms with Crippen LogP contribution in [0.15, 0.2) is 0 Å². The Morgan fingerprint density at radius 2 is 2.33 bits per heavy atom. The van der Waals surface area contributed by atoms with Crippen molar-refractivity contribution >= 4 is 0 Å². The first-order chi connectivity index (χ1) is 7.16. The normalized spacial score (nSPS) is 21.5. The molecule has 0 radical (unpaired) electrons. The average Bonchev–Trinajstić information content (AvgIpc) is 2.72. The highest BCUT2D eigenvalue weighted by Gasteiger charge is 2.22. The maximum absolute atomic E-state index is 4.64. The van der Waals surface area contributed by atoms with Crippen LogP contribution in [0.25, 0.3) is 0 Å². The molecule has 2 heterocycles. The van der Waals surface area contributed by atoms with Crippen LogP contribution in [-0.4, -0.2) is 27.9 Å². The summed E-state index contributed by atoms with van der Waals surface area (Å²) < 4.78 is 1.95. The van der Waals surface area contributed by atoms with E-state index in [4.69, 9.17) is 0 Å². The lowest BCUT2D eigenvalue weighted by Crippen LogP contribution is -2.11. The second kappa shape index (κ2) is 4.31. The molecule has 0 saturated carbocycles. The fourth-order valence-electron chi connectivity index (χ4n) is 2.13. The van der Waals surface area contributed by atoms with Gasteiger partial charge in [-0.2, -0.15) is 5.10 Å². The van der Waals surface area contributed by atoms with Gasteiger partial charge in [0, 0.05) is 25.9 Å². The molecule has 1 N–H and O–H groups in total. The quantitative estimate of drug-likeness (QED) is 0.808. The molecule has 0 amide bonds. The number of aryl methyl sites for hydroxylation is 1. The van der Waals surface area contributed by atoms with E-state index in [1.54, 1.807) is 0 Å². The van der Waals surface area contributed by atoms with Crippen molar-refractivity contribution in [2.75, 3.05) is 13.1 Å². The molecule has 0 spiro atoms. The molecule has 1 aromatic heterocycles. The topological polar surface area (TPSA) is 42.7 Å². The monoisotopic (exact) mass is 208 g/mol. The molecule has 4 nitrogen and oxygen atoms in total. The number of aromatic nitrogens is 3. The zero-order valence-corrected chi connectivity index (χ0v) is 9.82. The third kappa shape index (κ3) is 2.37. The Morgan fingerprint density at radius 1 is 1.53 bits per heavy atom. The van der Waals surface area contributed by atoms with Crippen LogP contribution in [0.4, 0.5) is 0 Å². The van der Waals surface area contributed by atoms with Gasteiger partial charge in [0.05, 0.1) is 0 Å². The van der Waals surface area contributed by atoms with Crippen molar-refractivity contribution in [1.82, 2.24) is 20.1 Å². The number of nitrogens with zero attached hydrogens (tertiary/aromatic N) is 3. The Kier molecular flexibility index (Phi) is 3.05. The summed E-state index contributed by atoms with van der Waals surface area (Å²) in [4.78, 5) is 4.64. The van der Waals surface area contributed by atoms with Gasteiger partial charge in [-0.15, -0.1) is 0 Å². The van der Waals surface area contributed by atoms with Gasteiger partial charge in [-0.05, 0) is 18.9 Å². The Labute approximate surface area is 91.1 Å². The third-order valence-electron chi connectivity index (χ3n) is 2.86. The van der Waals surface area contributed by atoms with E-state index in [1.165, 1.54) is 6.42 Å². The largest absolute Gasteiger partial charge is 0.316 e. The lowest BCUT2D eigenvalue weighted by molar-refractivity contribution is 0.605. The number of rotatable bonds is 3. The SMILES string of the molecule is CC(C)Cc1nc(C2CCNC2)n(C)n1. The molecular formula is C11H20N4. The highest BCUT2D eigenvalue weighted by Crippen LogP contribution is 2.20. The van der Waals surface area contributed by atoms with Crippen molar-refractivity contribution in [2.24, 2.45) is 13.0 Å². The molecule has 15 heavy (non-hydrogen) atoms. The molecule has 1 unspecified atom stereocenters. The predicted molar refractivity (Wildman–Crippen MR) is 59.8 cm³/mol. The van der Waals surface area contributed by atoms with Gasteiger partial charge < -0.3 is 5.32 Å². The highest BCUT2D eigenvalue weighted by molar-refractivity contribution is 5.03. The van der Waals surface area contributed by atoms with Crippen LogP contribution in [0.3, 0.4) is 0 Å². The molecule has 1 aromatic rings. The summed E-state index contributed by atoms with van der Waals surface area (Å²) in [6.07, 6.45) is 2.17. The average molecular weight is 208 g/mol. The zero-order chi connectivity index (χ0) is 10.8. The Hall–Kier alpha value is -0.900. The van der Waals surface area contributed by atoms with Crippen LogP contribution < -0.4 is 5.32 Å². The predicted octanol–water partition coefficient (Wildman–Crippen LogP) is 1.09. The van der Waals surface area contributed by atoms with Crippen LogP contribution >= 0.6 is 0 Å². The van der Waals surface area contributed by atoms with E-state index in [2.05, 4.69) is 29.2 Å². The van der Waals surface area contributed by atoms with Crippen molar-refractivity contribution in [3.63, 3.8) is 0 Å². The van der Waals surface area contributed by atoms with E-state index < -0.39 is 0 Å². The van der Waals surface area contributed by atoms with Crippen molar-refractivity contribution in [3.8, 4) is 0 Å². The lowest BCUT2D eigenvalue weighted by Gasteiger charge is -2.05. The van der Waals surface area contributed by atoms with Crippen LogP contribution in [0.2, 0.25) is 0 Å². The summed E-state index contributed by atoms with van der Waals surface area (Å²) >= 11 is 0. The number of hydrogen-bond acceptors (Lipinski definition) is 3. The fourth-order valence-corrected chi connectivity index (χ4v) is 2.13. The van der Waals surface area contributed by atoms with Gasteiger partial charge in [-0.25, -0.2) is 4.98 Å². The minimum absolute atomic E-state index is 0.559. The van der Waals surface area contributed by atoms with E-state index in [9.17, 15) is 0 Å². The third-order valence-corrected chi connectivity index (χ3v) is 2.86. The molecule has 2 rings (SSSR count). The van der Waals surface area contributed by atoms with Crippen LogP contribution in [0, 0.1) is 5.92 Å². The first-order valence-corrected chi connectivity index (χ1v) is 5.77. The summed E-state index contributed by atoms with van der Waals surface area (Å²) in [6.45, 7) is 6.56. The molecule has 0 bridgehead atoms. The van der Waals surface area contributed by atoms with E-state index in [-0.39, 0.29) is 0 Å². The Bertz CT molecular complexity index is 323. The van der Waals surface area contributed by atoms with Crippen molar-refractivity contribution in [3.05, 3.63) is 11.6 Å². The van der Waals surface area contributed by atoms with E-state index in [1.807, 2.05) is 11.7 Å². The summed E-state index contributed by atoms with van der Waals surface area (Å²) in [5, 5.41) is 7.84. The van der Waals surface area contributed by atoms with E-state index >= 15 is 0 Å². The Morgan fingerprint density at radius 3 is 2.93 bits per heavy atom. The van der Waals surface area contributed by atoms with E-state index in [0.29, 0.717) is 11.8 Å². The van der Waals surface area contributed by atoms with E-state index in [0.717, 1.165) is 31.2 Å². The van der Waals surface area contributed by atoms with Crippen molar-refractivity contribution < 1.29 is 0 Å². The van der Waals surface area contributed by atoms with Gasteiger partial charge in [0.15, 0.2) is 5.82 Å². The maximum atomic E-state index is 4.64. The summed E-state index contributed by atoms with van der Waals surface area (Å²) in [6, 6.07) is 0. The second-order valence-electron chi connectivity index (χ2n) is 4.80. The van der Waals surface area contributed by atoms with Gasteiger partial charge in [0.2, 0.25) is 0 Å². The molecule has 0 aromatic carbocycles. The van der Waals surface area contributed by atoms with Gasteiger partial charge in [-0.3, -0.25) is 4.68 Å². The molecule has 1 aliphatic rings. The van der Waals surface area contributed by atoms with Gasteiger partial charge in [0.1, 0.15) is 5.82 Å². The molecule has 4 heteroatoms. The summed E-state index contributed by atoms with van der Waals surface area (Å²) in [5.41, 5.74) is 0. The minimum atomic E-state index is 0.559. The lowest BCUT2D eigenvalue weighted by atomic mass is 10.1. The molecule has 84 valence electrons. The molecule has 1 atom stereocenters. The Balaban J connectivity index is 2.13.